The third-order valence-electron chi connectivity index (χ3n) is 3.57. The molecule has 1 heterocycles. The van der Waals surface area contributed by atoms with Crippen molar-refractivity contribution >= 4 is 56.1 Å². The Morgan fingerprint density at radius 1 is 1.19 bits per heavy atom. The van der Waals surface area contributed by atoms with Gasteiger partial charge >= 0.3 is 29.6 Å². The first-order valence-corrected chi connectivity index (χ1v) is 9.96. The number of thiocarbonyl (C=S) groups is 1. The second kappa shape index (κ2) is 8.87. The summed E-state index contributed by atoms with van der Waals surface area (Å²) in [5.41, 5.74) is 1.08. The molecule has 0 saturated carbocycles. The van der Waals surface area contributed by atoms with Gasteiger partial charge in [0.25, 0.3) is 16.0 Å². The van der Waals surface area contributed by atoms with E-state index in [-0.39, 0.29) is 46.1 Å². The molecule has 2 aromatic rings. The van der Waals surface area contributed by atoms with E-state index in [1.165, 1.54) is 30.2 Å². The minimum absolute atomic E-state index is 0. The van der Waals surface area contributed by atoms with Crippen LogP contribution in [-0.4, -0.2) is 30.3 Å². The number of para-hydroxylation sites is 1. The van der Waals surface area contributed by atoms with Gasteiger partial charge in [-0.2, -0.15) is 8.42 Å². The monoisotopic (exact) mass is 430 g/mol. The number of nitrogens with zero attached hydrogens (tertiary/aromatic N) is 1. The van der Waals surface area contributed by atoms with Crippen molar-refractivity contribution in [2.45, 2.75) is 4.90 Å². The molecule has 0 aromatic heterocycles. The van der Waals surface area contributed by atoms with Gasteiger partial charge in [-0.15, -0.1) is 0 Å². The van der Waals surface area contributed by atoms with Crippen LogP contribution in [0.1, 0.15) is 5.56 Å². The Morgan fingerprint density at radius 3 is 2.44 bits per heavy atom. The fourth-order valence-electron chi connectivity index (χ4n) is 2.40. The molecule has 3 rings (SSSR count). The van der Waals surface area contributed by atoms with Crippen LogP contribution in [0.25, 0.3) is 6.08 Å². The zero-order valence-corrected chi connectivity index (χ0v) is 18.9. The maximum absolute atomic E-state index is 12.7. The van der Waals surface area contributed by atoms with Gasteiger partial charge < -0.3 is 4.74 Å². The molecule has 1 saturated heterocycles. The fraction of sp³-hybridized carbons (Fsp3) is 0.0588. The molecule has 2 aromatic carbocycles. The van der Waals surface area contributed by atoms with Crippen molar-refractivity contribution in [2.75, 3.05) is 12.0 Å². The van der Waals surface area contributed by atoms with Crippen LogP contribution in [0, 0.1) is 0 Å². The summed E-state index contributed by atoms with van der Waals surface area (Å²) in [6, 6.07) is 13.2. The SMILES string of the molecule is COc1ccc(/C=C2/SC(=S)N(c3ccccc3)C2=O)cc1S(=O)(=O)O.[Na+]. The topological polar surface area (TPSA) is 83.9 Å². The van der Waals surface area contributed by atoms with Gasteiger partial charge in [0, 0.05) is 0 Å². The van der Waals surface area contributed by atoms with Gasteiger partial charge in [0.1, 0.15) is 10.6 Å². The molecule has 1 N–H and O–H groups in total. The Balaban J connectivity index is 0.00000261. The number of anilines is 1. The quantitative estimate of drug-likeness (QED) is 0.324. The predicted molar refractivity (Wildman–Crippen MR) is 105 cm³/mol. The van der Waals surface area contributed by atoms with E-state index < -0.39 is 10.1 Å². The minimum atomic E-state index is -4.46. The van der Waals surface area contributed by atoms with Crippen LogP contribution in [-0.2, 0) is 14.9 Å². The number of hydrogen-bond acceptors (Lipinski definition) is 6. The molecule has 0 aliphatic carbocycles. The van der Waals surface area contributed by atoms with E-state index in [1.54, 1.807) is 30.3 Å². The standard InChI is InChI=1S/C17H13NO5S3.Na/c1-23-13-8-7-11(10-15(13)26(20,21)22)9-14-16(19)18(17(24)25-14)12-5-3-2-4-6-12;/h2-10H,1H3,(H,20,21,22);/q;+1/b14-9+;. The largest absolute Gasteiger partial charge is 1.00 e. The minimum Gasteiger partial charge on any atom is -0.495 e. The van der Waals surface area contributed by atoms with Crippen LogP contribution >= 0.6 is 24.0 Å². The summed E-state index contributed by atoms with van der Waals surface area (Å²) < 4.78 is 37.7. The van der Waals surface area contributed by atoms with E-state index in [2.05, 4.69) is 0 Å². The van der Waals surface area contributed by atoms with Crippen LogP contribution in [0.4, 0.5) is 5.69 Å². The molecule has 1 aliphatic heterocycles. The first-order chi connectivity index (χ1) is 12.3. The zero-order valence-electron chi connectivity index (χ0n) is 14.4. The van der Waals surface area contributed by atoms with Gasteiger partial charge in [0.05, 0.1) is 17.7 Å². The number of carbonyl (C=O) groups excluding carboxylic acids is 1. The molecule has 0 spiro atoms. The normalized spacial score (nSPS) is 15.8. The zero-order chi connectivity index (χ0) is 18.9. The molecule has 1 fully saturated rings. The van der Waals surface area contributed by atoms with Crippen molar-refractivity contribution in [3.8, 4) is 5.75 Å². The number of thioether (sulfide) groups is 1. The van der Waals surface area contributed by atoms with E-state index in [0.29, 0.717) is 20.5 Å². The molecule has 1 aliphatic rings. The Bertz CT molecular complexity index is 1020. The molecule has 134 valence electrons. The number of methoxy groups -OCH3 is 1. The average molecular weight is 430 g/mol. The van der Waals surface area contributed by atoms with E-state index in [9.17, 15) is 17.8 Å². The first-order valence-electron chi connectivity index (χ1n) is 7.30. The smallest absolute Gasteiger partial charge is 0.495 e. The van der Waals surface area contributed by atoms with Crippen LogP contribution in [0.3, 0.4) is 0 Å². The van der Waals surface area contributed by atoms with Crippen molar-refractivity contribution in [1.82, 2.24) is 0 Å². The molecule has 0 radical (unpaired) electrons. The predicted octanol–water partition coefficient (Wildman–Crippen LogP) is 0.352. The average Bonchev–Trinajstić information content (AvgIpc) is 2.88. The summed E-state index contributed by atoms with van der Waals surface area (Å²) in [5.74, 6) is -0.281. The number of benzene rings is 2. The van der Waals surface area contributed by atoms with Crippen molar-refractivity contribution in [3.05, 3.63) is 59.0 Å². The molecule has 1 amide bonds. The van der Waals surface area contributed by atoms with Crippen LogP contribution in [0.2, 0.25) is 0 Å². The number of ether oxygens (including phenoxy) is 1. The van der Waals surface area contributed by atoms with E-state index >= 15 is 0 Å². The van der Waals surface area contributed by atoms with E-state index in [1.807, 2.05) is 6.07 Å². The van der Waals surface area contributed by atoms with Gasteiger partial charge in [0.2, 0.25) is 0 Å². The Hall–Kier alpha value is -1.20. The second-order valence-corrected chi connectivity index (χ2v) is 8.30. The van der Waals surface area contributed by atoms with Gasteiger partial charge in [0.15, 0.2) is 4.32 Å². The number of hydrogen-bond donors (Lipinski definition) is 1. The van der Waals surface area contributed by atoms with Crippen molar-refractivity contribution < 1.29 is 52.1 Å². The summed E-state index contributed by atoms with van der Waals surface area (Å²) in [6.45, 7) is 0. The molecule has 10 heteroatoms. The van der Waals surface area contributed by atoms with Gasteiger partial charge in [-0.25, -0.2) is 0 Å². The molecule has 0 unspecified atom stereocenters. The summed E-state index contributed by atoms with van der Waals surface area (Å²) in [4.78, 5) is 14.1. The maximum atomic E-state index is 12.7. The number of amides is 1. The number of rotatable bonds is 4. The van der Waals surface area contributed by atoms with Crippen LogP contribution in [0.15, 0.2) is 58.3 Å². The third kappa shape index (κ3) is 4.80. The fourth-order valence-corrected chi connectivity index (χ4v) is 4.39. The molecule has 6 nitrogen and oxygen atoms in total. The third-order valence-corrected chi connectivity index (χ3v) is 5.75. The van der Waals surface area contributed by atoms with Crippen LogP contribution in [0.5, 0.6) is 5.75 Å². The van der Waals surface area contributed by atoms with Crippen molar-refractivity contribution in [1.29, 1.82) is 0 Å². The Kier molecular flexibility index (Phi) is 7.26. The molecule has 0 bridgehead atoms. The molecular weight excluding hydrogens is 417 g/mol. The Labute approximate surface area is 188 Å². The molecule has 0 atom stereocenters. The number of carbonyl (C=O) groups is 1. The van der Waals surface area contributed by atoms with Gasteiger partial charge in [-0.3, -0.25) is 14.2 Å². The first kappa shape index (κ1) is 22.1. The summed E-state index contributed by atoms with van der Waals surface area (Å²) in [6.07, 6.45) is 1.52. The van der Waals surface area contributed by atoms with E-state index in [0.717, 1.165) is 11.8 Å². The van der Waals surface area contributed by atoms with Crippen molar-refractivity contribution in [2.24, 2.45) is 0 Å². The van der Waals surface area contributed by atoms with Gasteiger partial charge in [-0.05, 0) is 35.9 Å². The van der Waals surface area contributed by atoms with Crippen molar-refractivity contribution in [3.63, 3.8) is 0 Å². The summed E-state index contributed by atoms with van der Waals surface area (Å²) in [7, 11) is -3.16. The van der Waals surface area contributed by atoms with E-state index in [4.69, 9.17) is 17.0 Å². The molecule has 27 heavy (non-hydrogen) atoms. The second-order valence-electron chi connectivity index (χ2n) is 5.24. The molecular formula is C17H13NNaO5S3+. The summed E-state index contributed by atoms with van der Waals surface area (Å²) >= 11 is 6.41. The maximum Gasteiger partial charge on any atom is 1.00 e. The van der Waals surface area contributed by atoms with Crippen LogP contribution < -0.4 is 39.2 Å². The summed E-state index contributed by atoms with van der Waals surface area (Å²) in [5, 5.41) is 0. The Morgan fingerprint density at radius 2 is 1.85 bits per heavy atom. The van der Waals surface area contributed by atoms with Gasteiger partial charge in [-0.1, -0.05) is 48.2 Å².